The minimum Gasteiger partial charge on any atom is -0.348 e. The molecule has 1 amide bonds. The molecule has 0 bridgehead atoms. The molecule has 2 aromatic heterocycles. The maximum absolute atomic E-state index is 13.4. The highest BCUT2D eigenvalue weighted by Crippen LogP contribution is 2.36. The molecule has 5 nitrogen and oxygen atoms in total. The largest absolute Gasteiger partial charge is 0.416 e. The van der Waals surface area contributed by atoms with Gasteiger partial charge < -0.3 is 14.9 Å². The summed E-state index contributed by atoms with van der Waals surface area (Å²) in [6.07, 6.45) is -2.71. The predicted molar refractivity (Wildman–Crippen MR) is 135 cm³/mol. The first-order chi connectivity index (χ1) is 16.9. The first-order valence-electron chi connectivity index (χ1n) is 11.4. The third-order valence-corrected chi connectivity index (χ3v) is 6.44. The molecule has 0 aliphatic carbocycles. The molecular formula is C27H25ClF3N3O2. The van der Waals surface area contributed by atoms with Crippen LogP contribution in [0.1, 0.15) is 52.6 Å². The van der Waals surface area contributed by atoms with E-state index in [0.717, 1.165) is 23.4 Å². The van der Waals surface area contributed by atoms with Gasteiger partial charge in [-0.2, -0.15) is 13.2 Å². The third-order valence-electron chi connectivity index (χ3n) is 6.15. The number of carbonyl (C=O) groups is 1. The molecule has 0 atom stereocenters. The van der Waals surface area contributed by atoms with Crippen LogP contribution in [-0.2, 0) is 12.7 Å². The average Bonchev–Trinajstić information content (AvgIpc) is 3.14. The lowest BCUT2D eigenvalue weighted by Gasteiger charge is -2.14. The van der Waals surface area contributed by atoms with E-state index in [1.807, 2.05) is 30.5 Å². The standard InChI is InChI=1S/C27H25ClF3N3O2/c1-14(2)34-13-22(28)24-20(25(35)32-12-21-15(3)9-16(4)33-26(21)36)10-18(11-23(24)34)17-5-7-19(8-6-17)27(29,30)31/h5-11,13-14H,12H2,1-4H3,(H,32,35)(H,33,36). The highest BCUT2D eigenvalue weighted by atomic mass is 35.5. The number of aromatic nitrogens is 2. The van der Waals surface area contributed by atoms with Crippen molar-refractivity contribution in [3.63, 3.8) is 0 Å². The van der Waals surface area contributed by atoms with E-state index in [1.54, 1.807) is 26.1 Å². The molecule has 0 saturated heterocycles. The van der Waals surface area contributed by atoms with Crippen LogP contribution >= 0.6 is 11.6 Å². The Morgan fingerprint density at radius 1 is 1.08 bits per heavy atom. The van der Waals surface area contributed by atoms with E-state index in [2.05, 4.69) is 10.3 Å². The van der Waals surface area contributed by atoms with Crippen molar-refractivity contribution < 1.29 is 18.0 Å². The molecule has 0 unspecified atom stereocenters. The summed E-state index contributed by atoms with van der Waals surface area (Å²) >= 11 is 6.54. The van der Waals surface area contributed by atoms with Crippen molar-refractivity contribution in [2.75, 3.05) is 0 Å². The van der Waals surface area contributed by atoms with Gasteiger partial charge in [-0.05, 0) is 74.7 Å². The van der Waals surface area contributed by atoms with Crippen LogP contribution in [0.3, 0.4) is 0 Å². The maximum atomic E-state index is 13.4. The van der Waals surface area contributed by atoms with Crippen molar-refractivity contribution >= 4 is 28.4 Å². The fourth-order valence-electron chi connectivity index (χ4n) is 4.33. The van der Waals surface area contributed by atoms with Crippen LogP contribution in [0.4, 0.5) is 13.2 Å². The zero-order chi connectivity index (χ0) is 26.4. The van der Waals surface area contributed by atoms with E-state index in [1.165, 1.54) is 12.1 Å². The second kappa shape index (κ2) is 9.50. The highest BCUT2D eigenvalue weighted by molar-refractivity contribution is 6.37. The van der Waals surface area contributed by atoms with Gasteiger partial charge in [-0.1, -0.05) is 23.7 Å². The van der Waals surface area contributed by atoms with Crippen molar-refractivity contribution in [3.05, 3.63) is 92.0 Å². The Morgan fingerprint density at radius 3 is 2.33 bits per heavy atom. The minimum atomic E-state index is -4.45. The van der Waals surface area contributed by atoms with E-state index >= 15 is 0 Å². The number of hydrogen-bond donors (Lipinski definition) is 2. The maximum Gasteiger partial charge on any atom is 0.416 e. The highest BCUT2D eigenvalue weighted by Gasteiger charge is 2.30. The number of carbonyl (C=O) groups excluding carboxylic acids is 1. The molecule has 0 fully saturated rings. The van der Waals surface area contributed by atoms with Gasteiger partial charge in [0.2, 0.25) is 0 Å². The van der Waals surface area contributed by atoms with Gasteiger partial charge in [0.15, 0.2) is 0 Å². The van der Waals surface area contributed by atoms with Gasteiger partial charge in [0.05, 0.1) is 21.7 Å². The zero-order valence-corrected chi connectivity index (χ0v) is 20.9. The Balaban J connectivity index is 1.80. The molecular weight excluding hydrogens is 491 g/mol. The molecule has 2 heterocycles. The number of H-pyrrole nitrogens is 1. The van der Waals surface area contributed by atoms with Crippen molar-refractivity contribution in [1.82, 2.24) is 14.9 Å². The first-order valence-corrected chi connectivity index (χ1v) is 11.7. The lowest BCUT2D eigenvalue weighted by atomic mass is 9.98. The molecule has 0 saturated carbocycles. The summed E-state index contributed by atoms with van der Waals surface area (Å²) in [7, 11) is 0. The van der Waals surface area contributed by atoms with Crippen LogP contribution in [0.2, 0.25) is 5.02 Å². The molecule has 4 aromatic rings. The summed E-state index contributed by atoms with van der Waals surface area (Å²) in [5.74, 6) is -0.448. The van der Waals surface area contributed by atoms with E-state index in [4.69, 9.17) is 11.6 Å². The summed E-state index contributed by atoms with van der Waals surface area (Å²) in [4.78, 5) is 28.5. The van der Waals surface area contributed by atoms with Crippen molar-refractivity contribution in [2.45, 2.75) is 46.5 Å². The van der Waals surface area contributed by atoms with E-state index in [9.17, 15) is 22.8 Å². The summed E-state index contributed by atoms with van der Waals surface area (Å²) in [5, 5.41) is 3.72. The van der Waals surface area contributed by atoms with Gasteiger partial charge in [-0.25, -0.2) is 0 Å². The smallest absolute Gasteiger partial charge is 0.348 e. The number of nitrogens with zero attached hydrogens (tertiary/aromatic N) is 1. The van der Waals surface area contributed by atoms with Crippen molar-refractivity contribution in [1.29, 1.82) is 0 Å². The van der Waals surface area contributed by atoms with Crippen molar-refractivity contribution in [3.8, 4) is 11.1 Å². The second-order valence-electron chi connectivity index (χ2n) is 9.10. The number of alkyl halides is 3. The van der Waals surface area contributed by atoms with Gasteiger partial charge in [0.1, 0.15) is 0 Å². The lowest BCUT2D eigenvalue weighted by Crippen LogP contribution is -2.28. The Kier molecular flexibility index (Phi) is 6.75. The number of benzene rings is 2. The van der Waals surface area contributed by atoms with Gasteiger partial charge in [-0.15, -0.1) is 0 Å². The summed E-state index contributed by atoms with van der Waals surface area (Å²) in [6.45, 7) is 7.52. The molecule has 0 radical (unpaired) electrons. The van der Waals surface area contributed by atoms with Gasteiger partial charge in [0.25, 0.3) is 11.5 Å². The number of pyridine rings is 1. The number of nitrogens with one attached hydrogen (secondary N) is 2. The monoisotopic (exact) mass is 515 g/mol. The van der Waals surface area contributed by atoms with E-state index in [0.29, 0.717) is 32.6 Å². The van der Waals surface area contributed by atoms with E-state index < -0.39 is 17.6 Å². The number of hydrogen-bond acceptors (Lipinski definition) is 2. The zero-order valence-electron chi connectivity index (χ0n) is 20.2. The predicted octanol–water partition coefficient (Wildman–Crippen LogP) is 6.80. The van der Waals surface area contributed by atoms with Gasteiger partial charge in [0, 0.05) is 35.4 Å². The molecule has 2 N–H and O–H groups in total. The van der Waals surface area contributed by atoms with E-state index in [-0.39, 0.29) is 23.7 Å². The third kappa shape index (κ3) is 4.91. The topological polar surface area (TPSA) is 66.9 Å². The molecule has 0 aliphatic heterocycles. The summed E-state index contributed by atoms with van der Waals surface area (Å²) in [5.41, 5.74) is 2.94. The quantitative estimate of drug-likeness (QED) is 0.307. The van der Waals surface area contributed by atoms with Crippen LogP contribution in [0.15, 0.2) is 53.5 Å². The molecule has 188 valence electrons. The average molecular weight is 516 g/mol. The Bertz CT molecular complexity index is 1520. The Morgan fingerprint density at radius 2 is 1.75 bits per heavy atom. The fourth-order valence-corrected chi connectivity index (χ4v) is 4.63. The second-order valence-corrected chi connectivity index (χ2v) is 9.50. The molecule has 0 aliphatic rings. The number of rotatable bonds is 5. The molecule has 9 heteroatoms. The summed E-state index contributed by atoms with van der Waals surface area (Å²) in [6, 6.07) is 10.1. The lowest BCUT2D eigenvalue weighted by molar-refractivity contribution is -0.137. The number of fused-ring (bicyclic) bond motifs is 1. The molecule has 36 heavy (non-hydrogen) atoms. The van der Waals surface area contributed by atoms with Gasteiger partial charge >= 0.3 is 6.18 Å². The molecule has 0 spiro atoms. The number of halogens is 4. The van der Waals surface area contributed by atoms with Crippen LogP contribution < -0.4 is 10.9 Å². The van der Waals surface area contributed by atoms with Crippen LogP contribution in [0, 0.1) is 13.8 Å². The van der Waals surface area contributed by atoms with Crippen LogP contribution in [0.25, 0.3) is 22.0 Å². The summed E-state index contributed by atoms with van der Waals surface area (Å²) < 4.78 is 41.1. The minimum absolute atomic E-state index is 0.00872. The Labute approximate surface area is 210 Å². The van der Waals surface area contributed by atoms with Gasteiger partial charge in [-0.3, -0.25) is 9.59 Å². The number of aryl methyl sites for hydroxylation is 2. The number of aromatic amines is 1. The molecule has 2 aromatic carbocycles. The SMILES string of the molecule is Cc1cc(C)c(CNC(=O)c2cc(-c3ccc(C(F)(F)F)cc3)cc3c2c(Cl)cn3C(C)C)c(=O)[nH]1. The number of amides is 1. The fraction of sp³-hybridized carbons (Fsp3) is 0.259. The van der Waals surface area contributed by atoms with Crippen LogP contribution in [0.5, 0.6) is 0 Å². The van der Waals surface area contributed by atoms with Crippen LogP contribution in [-0.4, -0.2) is 15.5 Å². The first kappa shape index (κ1) is 25.6. The van der Waals surface area contributed by atoms with Crippen molar-refractivity contribution in [2.24, 2.45) is 0 Å². The Hall–Kier alpha value is -3.52. The normalized spacial score (nSPS) is 11.9. The molecule has 4 rings (SSSR count).